The second kappa shape index (κ2) is 6.29. The van der Waals surface area contributed by atoms with Crippen molar-refractivity contribution in [3.05, 3.63) is 59.7 Å². The first-order valence-electron chi connectivity index (χ1n) is 6.22. The first-order valence-corrected chi connectivity index (χ1v) is 6.22. The highest BCUT2D eigenvalue weighted by molar-refractivity contribution is 5.36. The quantitative estimate of drug-likeness (QED) is 0.897. The summed E-state index contributed by atoms with van der Waals surface area (Å²) < 4.78 is 18.5. The van der Waals surface area contributed by atoms with Gasteiger partial charge in [-0.05, 0) is 35.9 Å². The van der Waals surface area contributed by atoms with Crippen LogP contribution in [0.25, 0.3) is 0 Å². The summed E-state index contributed by atoms with van der Waals surface area (Å²) in [6.07, 6.45) is 2.88. The van der Waals surface area contributed by atoms with Crippen molar-refractivity contribution < 1.29 is 9.13 Å². The number of nitrogens with zero attached hydrogens (tertiary/aromatic N) is 1. The van der Waals surface area contributed by atoms with E-state index in [0.717, 1.165) is 23.4 Å². The average molecular weight is 260 g/mol. The fourth-order valence-corrected chi connectivity index (χ4v) is 2.04. The smallest absolute Gasteiger partial charge is 0.141 e. The molecule has 0 bridgehead atoms. The van der Waals surface area contributed by atoms with E-state index in [2.05, 4.69) is 10.3 Å². The molecule has 4 heteroatoms. The van der Waals surface area contributed by atoms with Gasteiger partial charge in [-0.15, -0.1) is 0 Å². The van der Waals surface area contributed by atoms with E-state index < -0.39 is 0 Å². The van der Waals surface area contributed by atoms with Crippen LogP contribution in [0.4, 0.5) is 4.39 Å². The van der Waals surface area contributed by atoms with Gasteiger partial charge < -0.3 is 10.1 Å². The number of nitrogens with one attached hydrogen (secondary N) is 1. The van der Waals surface area contributed by atoms with Crippen molar-refractivity contribution in [2.45, 2.75) is 13.0 Å². The van der Waals surface area contributed by atoms with Crippen LogP contribution in [0.3, 0.4) is 0 Å². The second-order valence-electron chi connectivity index (χ2n) is 4.20. The maximum Gasteiger partial charge on any atom is 0.141 e. The van der Waals surface area contributed by atoms with E-state index >= 15 is 0 Å². The van der Waals surface area contributed by atoms with Gasteiger partial charge in [0, 0.05) is 6.20 Å². The summed E-state index contributed by atoms with van der Waals surface area (Å²) in [7, 11) is 1.63. The van der Waals surface area contributed by atoms with Crippen LogP contribution in [0, 0.1) is 5.82 Å². The van der Waals surface area contributed by atoms with Gasteiger partial charge in [-0.25, -0.2) is 4.39 Å². The Balaban J connectivity index is 2.38. The summed E-state index contributed by atoms with van der Waals surface area (Å²) in [5, 5.41) is 3.33. The van der Waals surface area contributed by atoms with Gasteiger partial charge in [0.1, 0.15) is 11.6 Å². The molecule has 2 rings (SSSR count). The van der Waals surface area contributed by atoms with Crippen LogP contribution in [0.15, 0.2) is 42.7 Å². The van der Waals surface area contributed by atoms with Crippen LogP contribution in [0.1, 0.15) is 24.1 Å². The molecular formula is C15H17FN2O. The molecule has 1 N–H and O–H groups in total. The molecule has 100 valence electrons. The average Bonchev–Trinajstić information content (AvgIpc) is 2.45. The van der Waals surface area contributed by atoms with Crippen molar-refractivity contribution in [3.8, 4) is 5.75 Å². The molecule has 0 radical (unpaired) electrons. The highest BCUT2D eigenvalue weighted by Gasteiger charge is 2.14. The van der Waals surface area contributed by atoms with Crippen LogP contribution >= 0.6 is 0 Å². The summed E-state index contributed by atoms with van der Waals surface area (Å²) in [4.78, 5) is 3.91. The van der Waals surface area contributed by atoms with E-state index in [-0.39, 0.29) is 11.9 Å². The molecule has 0 aliphatic heterocycles. The molecule has 1 heterocycles. The third kappa shape index (κ3) is 3.29. The van der Waals surface area contributed by atoms with Crippen molar-refractivity contribution >= 4 is 0 Å². The van der Waals surface area contributed by atoms with Crippen molar-refractivity contribution in [2.75, 3.05) is 13.7 Å². The van der Waals surface area contributed by atoms with E-state index in [0.29, 0.717) is 0 Å². The summed E-state index contributed by atoms with van der Waals surface area (Å²) in [6, 6.07) is 9.14. The third-order valence-electron chi connectivity index (χ3n) is 2.89. The molecule has 1 aromatic heterocycles. The molecule has 2 aromatic rings. The Hall–Kier alpha value is -1.94. The fraction of sp³-hybridized carbons (Fsp3) is 0.267. The maximum atomic E-state index is 13.3. The van der Waals surface area contributed by atoms with Gasteiger partial charge in [0.05, 0.1) is 19.3 Å². The largest absolute Gasteiger partial charge is 0.497 e. The normalized spacial score (nSPS) is 12.2. The minimum absolute atomic E-state index is 0.0942. The monoisotopic (exact) mass is 260 g/mol. The molecule has 1 aromatic carbocycles. The van der Waals surface area contributed by atoms with Crippen LogP contribution in [-0.2, 0) is 0 Å². The third-order valence-corrected chi connectivity index (χ3v) is 2.89. The molecule has 0 aliphatic carbocycles. The van der Waals surface area contributed by atoms with Crippen molar-refractivity contribution in [3.63, 3.8) is 0 Å². The number of aromatic nitrogens is 1. The fourth-order valence-electron chi connectivity index (χ4n) is 2.04. The lowest BCUT2D eigenvalue weighted by Gasteiger charge is -2.19. The minimum Gasteiger partial charge on any atom is -0.497 e. The van der Waals surface area contributed by atoms with Crippen LogP contribution in [0.5, 0.6) is 5.75 Å². The summed E-state index contributed by atoms with van der Waals surface area (Å²) >= 11 is 0. The summed E-state index contributed by atoms with van der Waals surface area (Å²) in [6.45, 7) is 2.79. The zero-order valence-corrected chi connectivity index (χ0v) is 11.1. The molecule has 0 saturated heterocycles. The molecule has 3 nitrogen and oxygen atoms in total. The number of ether oxygens (including phenoxy) is 1. The van der Waals surface area contributed by atoms with E-state index in [1.54, 1.807) is 13.3 Å². The van der Waals surface area contributed by atoms with Crippen LogP contribution in [0.2, 0.25) is 0 Å². The lowest BCUT2D eigenvalue weighted by atomic mass is 10.00. The van der Waals surface area contributed by atoms with Gasteiger partial charge in [-0.3, -0.25) is 4.98 Å². The first kappa shape index (κ1) is 13.5. The van der Waals surface area contributed by atoms with Crippen molar-refractivity contribution in [1.29, 1.82) is 0 Å². The van der Waals surface area contributed by atoms with Crippen molar-refractivity contribution in [1.82, 2.24) is 10.3 Å². The highest BCUT2D eigenvalue weighted by atomic mass is 19.1. The van der Waals surface area contributed by atoms with Gasteiger partial charge in [-0.1, -0.05) is 19.1 Å². The molecule has 1 atom stereocenters. The molecule has 0 aliphatic rings. The Bertz CT molecular complexity index is 545. The molecule has 0 fully saturated rings. The minimum atomic E-state index is -0.330. The van der Waals surface area contributed by atoms with Crippen molar-refractivity contribution in [2.24, 2.45) is 0 Å². The zero-order chi connectivity index (χ0) is 13.7. The summed E-state index contributed by atoms with van der Waals surface area (Å²) in [5.41, 5.74) is 1.82. The Kier molecular flexibility index (Phi) is 4.47. The Morgan fingerprint density at radius 3 is 2.79 bits per heavy atom. The number of methoxy groups -OCH3 is 1. The summed E-state index contributed by atoms with van der Waals surface area (Å²) in [5.74, 6) is 0.452. The van der Waals surface area contributed by atoms with Crippen LogP contribution in [-0.4, -0.2) is 18.6 Å². The number of hydrogen-bond donors (Lipinski definition) is 1. The van der Waals surface area contributed by atoms with Gasteiger partial charge in [0.25, 0.3) is 0 Å². The number of rotatable bonds is 5. The van der Waals surface area contributed by atoms with E-state index in [9.17, 15) is 4.39 Å². The SMILES string of the molecule is CCNC(c1cncc(F)c1)c1cccc(OC)c1. The molecule has 0 amide bonds. The van der Waals surface area contributed by atoms with Gasteiger partial charge in [-0.2, -0.15) is 0 Å². The molecule has 0 saturated carbocycles. The zero-order valence-electron chi connectivity index (χ0n) is 11.1. The topological polar surface area (TPSA) is 34.2 Å². The molecular weight excluding hydrogens is 243 g/mol. The number of benzene rings is 1. The lowest BCUT2D eigenvalue weighted by molar-refractivity contribution is 0.413. The van der Waals surface area contributed by atoms with Gasteiger partial charge >= 0.3 is 0 Å². The predicted octanol–water partition coefficient (Wildman–Crippen LogP) is 2.93. The standard InChI is InChI=1S/C15H17FN2O/c1-3-18-15(12-7-13(16)10-17-9-12)11-5-4-6-14(8-11)19-2/h4-10,15,18H,3H2,1-2H3. The second-order valence-corrected chi connectivity index (χ2v) is 4.20. The van der Waals surface area contributed by atoms with E-state index in [1.165, 1.54) is 12.3 Å². The maximum absolute atomic E-state index is 13.3. The Morgan fingerprint density at radius 1 is 1.26 bits per heavy atom. The van der Waals surface area contributed by atoms with Crippen LogP contribution < -0.4 is 10.1 Å². The molecule has 1 unspecified atom stereocenters. The number of hydrogen-bond acceptors (Lipinski definition) is 3. The van der Waals surface area contributed by atoms with E-state index in [4.69, 9.17) is 4.74 Å². The Morgan fingerprint density at radius 2 is 2.11 bits per heavy atom. The predicted molar refractivity (Wildman–Crippen MR) is 72.7 cm³/mol. The molecule has 0 spiro atoms. The highest BCUT2D eigenvalue weighted by Crippen LogP contribution is 2.25. The Labute approximate surface area is 112 Å². The number of pyridine rings is 1. The number of halogens is 1. The van der Waals surface area contributed by atoms with Gasteiger partial charge in [0.2, 0.25) is 0 Å². The first-order chi connectivity index (χ1) is 9.24. The lowest BCUT2D eigenvalue weighted by Crippen LogP contribution is -2.22. The van der Waals surface area contributed by atoms with E-state index in [1.807, 2.05) is 31.2 Å². The van der Waals surface area contributed by atoms with Gasteiger partial charge in [0.15, 0.2) is 0 Å². The molecule has 19 heavy (non-hydrogen) atoms.